The van der Waals surface area contributed by atoms with Gasteiger partial charge in [0.05, 0.1) is 6.61 Å². The second-order valence-electron chi connectivity index (χ2n) is 2.65. The molecule has 0 aliphatic carbocycles. The van der Waals surface area contributed by atoms with Crippen molar-refractivity contribution in [3.63, 3.8) is 0 Å². The first-order valence-corrected chi connectivity index (χ1v) is 3.86. The Bertz CT molecular complexity index is 184. The van der Waals surface area contributed by atoms with E-state index < -0.39 is 17.9 Å². The number of carbonyl (C=O) groups is 1. The smallest absolute Gasteiger partial charge is 0.329 e. The van der Waals surface area contributed by atoms with Crippen LogP contribution in [0.2, 0.25) is 0 Å². The van der Waals surface area contributed by atoms with E-state index in [9.17, 15) is 13.6 Å². The first-order chi connectivity index (χ1) is 5.58. The van der Waals surface area contributed by atoms with Gasteiger partial charge in [-0.2, -0.15) is 0 Å². The standard InChI is InChI=1S/C7H11F2NO2/c1-2-12-6(11)5-7(8,9)3-4-10-5/h5,10H,2-4H2,1H3. The van der Waals surface area contributed by atoms with Gasteiger partial charge >= 0.3 is 5.97 Å². The van der Waals surface area contributed by atoms with Crippen LogP contribution in [0.25, 0.3) is 0 Å². The molecular formula is C7H11F2NO2. The predicted octanol–water partition coefficient (Wildman–Crippen LogP) is 0.547. The van der Waals surface area contributed by atoms with Gasteiger partial charge in [-0.15, -0.1) is 0 Å². The number of halogens is 2. The highest BCUT2D eigenvalue weighted by atomic mass is 19.3. The molecule has 0 radical (unpaired) electrons. The number of carbonyl (C=O) groups excluding carboxylic acids is 1. The molecule has 70 valence electrons. The molecule has 1 fully saturated rings. The van der Waals surface area contributed by atoms with Crippen LogP contribution in [0.5, 0.6) is 0 Å². The molecule has 1 heterocycles. The lowest BCUT2D eigenvalue weighted by Crippen LogP contribution is -2.43. The summed E-state index contributed by atoms with van der Waals surface area (Å²) in [6.45, 7) is 1.88. The number of nitrogens with one attached hydrogen (secondary N) is 1. The zero-order valence-corrected chi connectivity index (χ0v) is 6.77. The van der Waals surface area contributed by atoms with Crippen molar-refractivity contribution in [2.45, 2.75) is 25.3 Å². The first kappa shape index (κ1) is 9.38. The van der Waals surface area contributed by atoms with E-state index in [1.54, 1.807) is 6.92 Å². The Balaban J connectivity index is 2.56. The fourth-order valence-electron chi connectivity index (χ4n) is 1.16. The van der Waals surface area contributed by atoms with Crippen molar-refractivity contribution >= 4 is 5.97 Å². The minimum atomic E-state index is -2.95. The van der Waals surface area contributed by atoms with Gasteiger partial charge in [-0.05, 0) is 6.92 Å². The molecule has 0 amide bonds. The van der Waals surface area contributed by atoms with Crippen molar-refractivity contribution < 1.29 is 18.3 Å². The van der Waals surface area contributed by atoms with Gasteiger partial charge < -0.3 is 4.74 Å². The fourth-order valence-corrected chi connectivity index (χ4v) is 1.16. The van der Waals surface area contributed by atoms with Gasteiger partial charge in [0.1, 0.15) is 0 Å². The number of rotatable bonds is 2. The minimum Gasteiger partial charge on any atom is -0.465 e. The van der Waals surface area contributed by atoms with Gasteiger partial charge in [-0.3, -0.25) is 10.1 Å². The molecule has 1 rings (SSSR count). The van der Waals surface area contributed by atoms with Crippen molar-refractivity contribution in [1.29, 1.82) is 0 Å². The Morgan fingerprint density at radius 2 is 2.42 bits per heavy atom. The lowest BCUT2D eigenvalue weighted by Gasteiger charge is -2.16. The number of alkyl halides is 2. The number of hydrogen-bond donors (Lipinski definition) is 1. The largest absolute Gasteiger partial charge is 0.465 e. The lowest BCUT2D eigenvalue weighted by molar-refractivity contribution is -0.153. The topological polar surface area (TPSA) is 38.3 Å². The zero-order valence-electron chi connectivity index (χ0n) is 6.77. The summed E-state index contributed by atoms with van der Waals surface area (Å²) >= 11 is 0. The summed E-state index contributed by atoms with van der Waals surface area (Å²) in [7, 11) is 0. The highest BCUT2D eigenvalue weighted by molar-refractivity contribution is 5.77. The Morgan fingerprint density at radius 3 is 2.83 bits per heavy atom. The molecule has 1 atom stereocenters. The van der Waals surface area contributed by atoms with Gasteiger partial charge in [0.2, 0.25) is 0 Å². The van der Waals surface area contributed by atoms with E-state index >= 15 is 0 Å². The van der Waals surface area contributed by atoms with E-state index in [1.807, 2.05) is 0 Å². The third-order valence-corrected chi connectivity index (χ3v) is 1.75. The molecule has 0 aromatic rings. The average molecular weight is 179 g/mol. The van der Waals surface area contributed by atoms with Crippen LogP contribution in [0.1, 0.15) is 13.3 Å². The molecule has 1 unspecified atom stereocenters. The van der Waals surface area contributed by atoms with Gasteiger partial charge in [0, 0.05) is 13.0 Å². The monoisotopic (exact) mass is 179 g/mol. The van der Waals surface area contributed by atoms with Gasteiger partial charge in [0.15, 0.2) is 6.04 Å². The van der Waals surface area contributed by atoms with E-state index in [2.05, 4.69) is 10.1 Å². The third kappa shape index (κ3) is 1.72. The molecule has 1 saturated heterocycles. The minimum absolute atomic E-state index is 0.132. The molecule has 1 aliphatic heterocycles. The summed E-state index contributed by atoms with van der Waals surface area (Å²) < 4.78 is 30.1. The highest BCUT2D eigenvalue weighted by Crippen LogP contribution is 2.28. The predicted molar refractivity (Wildman–Crippen MR) is 38.0 cm³/mol. The van der Waals surface area contributed by atoms with Crippen LogP contribution >= 0.6 is 0 Å². The summed E-state index contributed by atoms with van der Waals surface area (Å²) in [5.74, 6) is -3.81. The first-order valence-electron chi connectivity index (χ1n) is 3.86. The molecule has 0 spiro atoms. The van der Waals surface area contributed by atoms with Gasteiger partial charge in [0.25, 0.3) is 5.92 Å². The summed E-state index contributed by atoms with van der Waals surface area (Å²) in [6, 6.07) is -1.45. The van der Waals surface area contributed by atoms with Crippen molar-refractivity contribution in [3.05, 3.63) is 0 Å². The zero-order chi connectivity index (χ0) is 9.19. The molecule has 0 aromatic carbocycles. The van der Waals surface area contributed by atoms with Crippen LogP contribution in [0.15, 0.2) is 0 Å². The molecule has 5 heteroatoms. The van der Waals surface area contributed by atoms with Gasteiger partial charge in [-0.25, -0.2) is 8.78 Å². The number of esters is 1. The molecule has 0 bridgehead atoms. The van der Waals surface area contributed by atoms with Crippen molar-refractivity contribution in [3.8, 4) is 0 Å². The number of ether oxygens (including phenoxy) is 1. The lowest BCUT2D eigenvalue weighted by atomic mass is 10.1. The van der Waals surface area contributed by atoms with E-state index in [-0.39, 0.29) is 19.6 Å². The SMILES string of the molecule is CCOC(=O)C1NCCC1(F)F. The van der Waals surface area contributed by atoms with E-state index in [4.69, 9.17) is 0 Å². The molecule has 1 N–H and O–H groups in total. The average Bonchev–Trinajstić information content (AvgIpc) is 2.30. The van der Waals surface area contributed by atoms with Crippen LogP contribution < -0.4 is 5.32 Å². The van der Waals surface area contributed by atoms with Crippen LogP contribution in [-0.2, 0) is 9.53 Å². The summed E-state index contributed by atoms with van der Waals surface area (Å²) in [5, 5.41) is 2.41. The van der Waals surface area contributed by atoms with Crippen molar-refractivity contribution in [2.24, 2.45) is 0 Å². The van der Waals surface area contributed by atoms with Crippen molar-refractivity contribution in [2.75, 3.05) is 13.2 Å². The Kier molecular flexibility index (Phi) is 2.62. The molecule has 0 aromatic heterocycles. The molecule has 0 saturated carbocycles. The van der Waals surface area contributed by atoms with Crippen LogP contribution in [0.4, 0.5) is 8.78 Å². The van der Waals surface area contributed by atoms with E-state index in [1.165, 1.54) is 0 Å². The normalized spacial score (nSPS) is 27.1. The molecule has 3 nitrogen and oxygen atoms in total. The Hall–Kier alpha value is -0.710. The Morgan fingerprint density at radius 1 is 1.75 bits per heavy atom. The van der Waals surface area contributed by atoms with E-state index in [0.717, 1.165) is 0 Å². The number of hydrogen-bond acceptors (Lipinski definition) is 3. The maximum absolute atomic E-state index is 12.8. The third-order valence-electron chi connectivity index (χ3n) is 1.75. The van der Waals surface area contributed by atoms with Crippen molar-refractivity contribution in [1.82, 2.24) is 5.32 Å². The summed E-state index contributed by atoms with van der Waals surface area (Å²) in [5.41, 5.74) is 0. The highest BCUT2D eigenvalue weighted by Gasteiger charge is 2.49. The second-order valence-corrected chi connectivity index (χ2v) is 2.65. The molecular weight excluding hydrogens is 168 g/mol. The van der Waals surface area contributed by atoms with Crippen LogP contribution in [0, 0.1) is 0 Å². The van der Waals surface area contributed by atoms with Crippen LogP contribution in [0.3, 0.4) is 0 Å². The molecule has 1 aliphatic rings. The summed E-state index contributed by atoms with van der Waals surface area (Å²) in [6.07, 6.45) is -0.295. The Labute approximate surface area is 69.1 Å². The van der Waals surface area contributed by atoms with Crippen LogP contribution in [-0.4, -0.2) is 31.1 Å². The summed E-state index contributed by atoms with van der Waals surface area (Å²) in [4.78, 5) is 10.9. The maximum Gasteiger partial charge on any atom is 0.329 e. The molecule has 12 heavy (non-hydrogen) atoms. The fraction of sp³-hybridized carbons (Fsp3) is 0.857. The van der Waals surface area contributed by atoms with E-state index in [0.29, 0.717) is 0 Å². The van der Waals surface area contributed by atoms with Gasteiger partial charge in [-0.1, -0.05) is 0 Å². The maximum atomic E-state index is 12.8. The second kappa shape index (κ2) is 3.35. The quantitative estimate of drug-likeness (QED) is 0.629.